The zero-order chi connectivity index (χ0) is 30.2. The van der Waals surface area contributed by atoms with Crippen molar-refractivity contribution in [1.82, 2.24) is 34.9 Å². The molecule has 4 N–H and O–H groups in total. The highest BCUT2D eigenvalue weighted by molar-refractivity contribution is 5.91. The van der Waals surface area contributed by atoms with Crippen LogP contribution < -0.4 is 10.6 Å². The molecule has 7 atom stereocenters. The minimum Gasteiger partial charge on any atom is -0.388 e. The van der Waals surface area contributed by atoms with Crippen LogP contribution in [0.3, 0.4) is 0 Å². The van der Waals surface area contributed by atoms with E-state index in [2.05, 4.69) is 15.6 Å². The number of aliphatic hydroxyl groups is 2. The predicted octanol–water partition coefficient (Wildman–Crippen LogP) is -3.05. The number of ether oxygens (including phenoxy) is 2. The standard InChI is InChI=1S/C28H41N7O8/c1-32-5-4-29-22(32)15-34-13-17-10-18(34)28(41)33-6-7-35(27(40)16-2-8-42-9-3-16)19(14-33)26(39)30-12-21-25(38)24(37)20(43-21)11-23(36)31-17/h4-5,16-21,24-25,37-38H,2-3,6-15H2,1H3,(H,30,39)(H,31,36)/t17-,18-,19-,20-,21+,24-,25+/m0/s1. The van der Waals surface area contributed by atoms with Crippen LogP contribution in [-0.2, 0) is 42.2 Å². The van der Waals surface area contributed by atoms with Crippen LogP contribution >= 0.6 is 0 Å². The second-order valence-electron chi connectivity index (χ2n) is 12.3. The average Bonchev–Trinajstić information content (AvgIpc) is 3.68. The Labute approximate surface area is 249 Å². The predicted molar refractivity (Wildman–Crippen MR) is 148 cm³/mol. The molecule has 5 fully saturated rings. The number of carbonyl (C=O) groups is 4. The van der Waals surface area contributed by atoms with Crippen molar-refractivity contribution in [2.24, 2.45) is 13.0 Å². The van der Waals surface area contributed by atoms with Gasteiger partial charge in [-0.1, -0.05) is 0 Å². The van der Waals surface area contributed by atoms with Crippen LogP contribution in [0.5, 0.6) is 0 Å². The highest BCUT2D eigenvalue weighted by atomic mass is 16.5. The molecule has 4 amide bonds. The number of imidazole rings is 1. The lowest BCUT2D eigenvalue weighted by Crippen LogP contribution is -2.64. The number of aliphatic hydroxyl groups excluding tert-OH is 2. The summed E-state index contributed by atoms with van der Waals surface area (Å²) in [6.45, 7) is 2.13. The lowest BCUT2D eigenvalue weighted by Gasteiger charge is -2.43. The van der Waals surface area contributed by atoms with Crippen LogP contribution in [0.1, 0.15) is 31.5 Å². The third-order valence-corrected chi connectivity index (χ3v) is 9.49. The number of hydrogen-bond donors (Lipinski definition) is 4. The number of amides is 4. The highest BCUT2D eigenvalue weighted by Crippen LogP contribution is 2.28. The Hall–Kier alpha value is -3.11. The van der Waals surface area contributed by atoms with E-state index in [9.17, 15) is 29.4 Å². The van der Waals surface area contributed by atoms with E-state index in [1.807, 2.05) is 22.7 Å². The first-order valence-electron chi connectivity index (χ1n) is 15.2. The quantitative estimate of drug-likeness (QED) is 0.278. The molecule has 5 saturated heterocycles. The number of likely N-dealkylation sites (tertiary alicyclic amines) is 1. The van der Waals surface area contributed by atoms with Gasteiger partial charge in [-0.05, 0) is 19.3 Å². The van der Waals surface area contributed by atoms with Crippen molar-refractivity contribution >= 4 is 23.6 Å². The minimum atomic E-state index is -1.31. The molecule has 43 heavy (non-hydrogen) atoms. The molecule has 0 aliphatic carbocycles. The van der Waals surface area contributed by atoms with Crippen molar-refractivity contribution in [3.8, 4) is 0 Å². The average molecular weight is 604 g/mol. The van der Waals surface area contributed by atoms with Gasteiger partial charge in [0.05, 0.1) is 31.7 Å². The second kappa shape index (κ2) is 12.5. The van der Waals surface area contributed by atoms with Gasteiger partial charge in [-0.15, -0.1) is 0 Å². The molecule has 6 bridgehead atoms. The second-order valence-corrected chi connectivity index (χ2v) is 12.3. The Kier molecular flexibility index (Phi) is 8.69. The molecule has 5 aliphatic rings. The Morgan fingerprint density at radius 1 is 1.07 bits per heavy atom. The van der Waals surface area contributed by atoms with Crippen LogP contribution in [0.25, 0.3) is 0 Å². The molecule has 236 valence electrons. The number of fused-ring (bicyclic) bond motifs is 6. The Morgan fingerprint density at radius 3 is 2.58 bits per heavy atom. The molecule has 1 aromatic heterocycles. The summed E-state index contributed by atoms with van der Waals surface area (Å²) in [6.07, 6.45) is 0.339. The molecule has 0 unspecified atom stereocenters. The van der Waals surface area contributed by atoms with Crippen LogP contribution in [0, 0.1) is 5.92 Å². The SMILES string of the molecule is Cn1ccnc1CN1C[C@@H]2C[C@H]1C(=O)N1CCN(C(=O)C3CCOCC3)[C@@H](C1)C(=O)NC[C@H]1O[C@@H](CC(=O)N2)[C@H](O)[C@@H]1O. The number of nitrogens with zero attached hydrogens (tertiary/aromatic N) is 5. The van der Waals surface area contributed by atoms with Gasteiger partial charge in [-0.3, -0.25) is 24.1 Å². The molecule has 1 aromatic rings. The van der Waals surface area contributed by atoms with Crippen molar-refractivity contribution in [3.05, 3.63) is 18.2 Å². The van der Waals surface area contributed by atoms with E-state index in [4.69, 9.17) is 9.47 Å². The summed E-state index contributed by atoms with van der Waals surface area (Å²) in [4.78, 5) is 64.0. The molecule has 0 spiro atoms. The summed E-state index contributed by atoms with van der Waals surface area (Å²) in [5.41, 5.74) is 0. The maximum Gasteiger partial charge on any atom is 0.244 e. The van der Waals surface area contributed by atoms with Gasteiger partial charge >= 0.3 is 0 Å². The molecule has 15 nitrogen and oxygen atoms in total. The fraction of sp³-hybridized carbons (Fsp3) is 0.750. The van der Waals surface area contributed by atoms with Gasteiger partial charge in [0.2, 0.25) is 23.6 Å². The van der Waals surface area contributed by atoms with Crippen molar-refractivity contribution in [1.29, 1.82) is 0 Å². The Bertz CT molecular complexity index is 1220. The molecule has 6 heterocycles. The number of nitrogens with one attached hydrogen (secondary N) is 2. The van der Waals surface area contributed by atoms with Crippen molar-refractivity contribution in [3.63, 3.8) is 0 Å². The first-order chi connectivity index (χ1) is 20.7. The topological polar surface area (TPSA) is 179 Å². The van der Waals surface area contributed by atoms with Crippen LogP contribution in [0.15, 0.2) is 12.4 Å². The van der Waals surface area contributed by atoms with Crippen molar-refractivity contribution in [2.45, 2.75) is 74.8 Å². The summed E-state index contributed by atoms with van der Waals surface area (Å²) in [6, 6.07) is -1.85. The van der Waals surface area contributed by atoms with Crippen LogP contribution in [0.2, 0.25) is 0 Å². The zero-order valence-corrected chi connectivity index (χ0v) is 24.3. The van der Waals surface area contributed by atoms with Crippen LogP contribution in [-0.4, -0.2) is 147 Å². The normalized spacial score (nSPS) is 34.8. The molecular weight excluding hydrogens is 562 g/mol. The largest absolute Gasteiger partial charge is 0.388 e. The van der Waals surface area contributed by atoms with Gasteiger partial charge in [-0.2, -0.15) is 0 Å². The molecule has 0 aromatic carbocycles. The lowest BCUT2D eigenvalue weighted by molar-refractivity contribution is -0.154. The first kappa shape index (κ1) is 29.9. The summed E-state index contributed by atoms with van der Waals surface area (Å²) >= 11 is 0. The number of hydrogen-bond acceptors (Lipinski definition) is 10. The van der Waals surface area contributed by atoms with Crippen molar-refractivity contribution < 1.29 is 38.9 Å². The van der Waals surface area contributed by atoms with E-state index in [-0.39, 0.29) is 62.3 Å². The number of aromatic nitrogens is 2. The van der Waals surface area contributed by atoms with E-state index < -0.39 is 42.4 Å². The third kappa shape index (κ3) is 6.13. The van der Waals surface area contributed by atoms with Gasteiger partial charge in [0.1, 0.15) is 30.2 Å². The number of piperazine rings is 1. The maximum absolute atomic E-state index is 14.1. The van der Waals surface area contributed by atoms with Gasteiger partial charge in [0, 0.05) is 70.8 Å². The summed E-state index contributed by atoms with van der Waals surface area (Å²) in [5, 5.41) is 27.0. The fourth-order valence-corrected chi connectivity index (χ4v) is 6.98. The maximum atomic E-state index is 14.1. The monoisotopic (exact) mass is 603 g/mol. The zero-order valence-electron chi connectivity index (χ0n) is 24.3. The Morgan fingerprint density at radius 2 is 1.84 bits per heavy atom. The summed E-state index contributed by atoms with van der Waals surface area (Å²) in [5.74, 6) is -0.607. The van der Waals surface area contributed by atoms with Gasteiger partial charge in [0.25, 0.3) is 0 Å². The number of carbonyl (C=O) groups excluding carboxylic acids is 4. The molecule has 0 radical (unpaired) electrons. The highest BCUT2D eigenvalue weighted by Gasteiger charge is 2.47. The van der Waals surface area contributed by atoms with Crippen LogP contribution in [0.4, 0.5) is 0 Å². The molecule has 6 rings (SSSR count). The van der Waals surface area contributed by atoms with Gasteiger partial charge < -0.3 is 44.7 Å². The minimum absolute atomic E-state index is 0.0166. The van der Waals surface area contributed by atoms with E-state index in [1.165, 1.54) is 0 Å². The first-order valence-corrected chi connectivity index (χ1v) is 15.2. The van der Waals surface area contributed by atoms with E-state index >= 15 is 0 Å². The van der Waals surface area contributed by atoms with Crippen molar-refractivity contribution in [2.75, 3.05) is 45.9 Å². The van der Waals surface area contributed by atoms with E-state index in [0.717, 1.165) is 5.82 Å². The third-order valence-electron chi connectivity index (χ3n) is 9.49. The molecule has 0 saturated carbocycles. The molecule has 5 aliphatic heterocycles. The van der Waals surface area contributed by atoms with E-state index in [1.54, 1.807) is 16.0 Å². The van der Waals surface area contributed by atoms with E-state index in [0.29, 0.717) is 45.6 Å². The Balaban J connectivity index is 1.28. The number of rotatable bonds is 3. The molecule has 15 heteroatoms. The summed E-state index contributed by atoms with van der Waals surface area (Å²) in [7, 11) is 1.88. The molecular formula is C28H41N7O8. The smallest absolute Gasteiger partial charge is 0.244 e. The number of aryl methyl sites for hydroxylation is 1. The fourth-order valence-electron chi connectivity index (χ4n) is 6.98. The summed E-state index contributed by atoms with van der Waals surface area (Å²) < 4.78 is 13.1. The van der Waals surface area contributed by atoms with Gasteiger partial charge in [0.15, 0.2) is 0 Å². The van der Waals surface area contributed by atoms with Gasteiger partial charge in [-0.25, -0.2) is 4.98 Å². The lowest BCUT2D eigenvalue weighted by atomic mass is 9.96.